The monoisotopic (exact) mass is 487 g/mol. The van der Waals surface area contributed by atoms with Gasteiger partial charge in [-0.2, -0.15) is 18.4 Å². The lowest BCUT2D eigenvalue weighted by Gasteiger charge is -2.35. The molecule has 0 radical (unpaired) electrons. The van der Waals surface area contributed by atoms with Gasteiger partial charge in [0.1, 0.15) is 17.8 Å². The molecule has 3 aromatic rings. The summed E-state index contributed by atoms with van der Waals surface area (Å²) in [6.45, 7) is 4.48. The summed E-state index contributed by atoms with van der Waals surface area (Å²) in [4.78, 5) is 29.0. The molecule has 35 heavy (non-hydrogen) atoms. The third-order valence-corrected chi connectivity index (χ3v) is 6.30. The van der Waals surface area contributed by atoms with Crippen molar-refractivity contribution in [1.29, 1.82) is 5.26 Å². The molecule has 1 aliphatic rings. The Labute approximate surface area is 199 Å². The summed E-state index contributed by atoms with van der Waals surface area (Å²) in [6.07, 6.45) is -0.572. The van der Waals surface area contributed by atoms with Crippen LogP contribution in [0, 0.1) is 17.2 Å². The number of anilines is 1. The normalized spacial score (nSPS) is 16.7. The average Bonchev–Trinajstić information content (AvgIpc) is 3.26. The van der Waals surface area contributed by atoms with Crippen molar-refractivity contribution < 1.29 is 23.1 Å². The predicted octanol–water partition coefficient (Wildman–Crippen LogP) is 3.33. The fourth-order valence-electron chi connectivity index (χ4n) is 4.30. The molecular weight excluding hydrogens is 463 g/mol. The SMILES string of the molecule is C[C@H](O)C(=O)N1CCC([C@@H](C)Nc2ncc(C#N)c(-c3c[nH]c4ncc(C(F)(F)F)cc34)n2)CC1. The Morgan fingerprint density at radius 3 is 2.63 bits per heavy atom. The molecule has 1 aliphatic heterocycles. The Morgan fingerprint density at radius 2 is 2.00 bits per heavy atom. The maximum atomic E-state index is 13.2. The number of hydrogen-bond donors (Lipinski definition) is 3. The minimum Gasteiger partial charge on any atom is -0.384 e. The van der Waals surface area contributed by atoms with E-state index in [-0.39, 0.29) is 46.1 Å². The molecule has 0 unspecified atom stereocenters. The Bertz CT molecular complexity index is 1270. The molecule has 1 saturated heterocycles. The smallest absolute Gasteiger partial charge is 0.384 e. The first kappa shape index (κ1) is 24.4. The van der Waals surface area contributed by atoms with Gasteiger partial charge in [-0.1, -0.05) is 0 Å². The number of pyridine rings is 1. The van der Waals surface area contributed by atoms with Crippen LogP contribution in [0.25, 0.3) is 22.3 Å². The zero-order chi connectivity index (χ0) is 25.3. The van der Waals surface area contributed by atoms with Gasteiger partial charge >= 0.3 is 6.18 Å². The van der Waals surface area contributed by atoms with Crippen LogP contribution in [0.4, 0.5) is 19.1 Å². The third kappa shape index (κ3) is 5.05. The van der Waals surface area contributed by atoms with Crippen LogP contribution in [-0.4, -0.2) is 61.1 Å². The van der Waals surface area contributed by atoms with Crippen molar-refractivity contribution >= 4 is 22.9 Å². The Hall–Kier alpha value is -3.72. The molecule has 0 bridgehead atoms. The molecule has 1 fully saturated rings. The summed E-state index contributed by atoms with van der Waals surface area (Å²) in [7, 11) is 0. The number of piperidine rings is 1. The van der Waals surface area contributed by atoms with E-state index < -0.39 is 17.8 Å². The third-order valence-electron chi connectivity index (χ3n) is 6.30. The fraction of sp³-hybridized carbons (Fsp3) is 0.435. The van der Waals surface area contributed by atoms with Crippen molar-refractivity contribution in [2.75, 3.05) is 18.4 Å². The van der Waals surface area contributed by atoms with Gasteiger partial charge in [0, 0.05) is 42.5 Å². The topological polar surface area (TPSA) is 131 Å². The number of carbonyl (C=O) groups is 1. The van der Waals surface area contributed by atoms with E-state index in [9.17, 15) is 28.3 Å². The zero-order valence-corrected chi connectivity index (χ0v) is 19.1. The number of aliphatic hydroxyl groups is 1. The molecule has 0 aliphatic carbocycles. The van der Waals surface area contributed by atoms with Crippen molar-refractivity contribution in [3.05, 3.63) is 35.8 Å². The number of carbonyl (C=O) groups excluding carboxylic acids is 1. The van der Waals surface area contributed by atoms with Crippen molar-refractivity contribution in [1.82, 2.24) is 24.8 Å². The summed E-state index contributed by atoms with van der Waals surface area (Å²) in [6, 6.07) is 2.91. The first-order valence-electron chi connectivity index (χ1n) is 11.1. The van der Waals surface area contributed by atoms with Gasteiger partial charge in [0.2, 0.25) is 5.95 Å². The molecular formula is C23H24F3N7O2. The van der Waals surface area contributed by atoms with Crippen LogP contribution < -0.4 is 5.32 Å². The predicted molar refractivity (Wildman–Crippen MR) is 121 cm³/mol. The van der Waals surface area contributed by atoms with Crippen molar-refractivity contribution in [3.8, 4) is 17.3 Å². The van der Waals surface area contributed by atoms with Gasteiger partial charge < -0.3 is 20.3 Å². The Kier molecular flexibility index (Phi) is 6.62. The minimum absolute atomic E-state index is 0.0685. The average molecular weight is 487 g/mol. The maximum Gasteiger partial charge on any atom is 0.417 e. The van der Waals surface area contributed by atoms with Crippen LogP contribution in [-0.2, 0) is 11.0 Å². The summed E-state index contributed by atoms with van der Waals surface area (Å²) < 4.78 is 39.7. The molecule has 2 atom stereocenters. The summed E-state index contributed by atoms with van der Waals surface area (Å²) in [5.41, 5.74) is -0.0192. The molecule has 12 heteroatoms. The number of aliphatic hydroxyl groups excluding tert-OH is 1. The molecule has 0 aromatic carbocycles. The van der Waals surface area contributed by atoms with Gasteiger partial charge in [0.25, 0.3) is 5.91 Å². The number of nitrogens with one attached hydrogen (secondary N) is 2. The Morgan fingerprint density at radius 1 is 1.29 bits per heavy atom. The number of nitriles is 1. The van der Waals surface area contributed by atoms with E-state index >= 15 is 0 Å². The van der Waals surface area contributed by atoms with Crippen LogP contribution >= 0.6 is 0 Å². The molecule has 0 spiro atoms. The van der Waals surface area contributed by atoms with Crippen molar-refractivity contribution in [2.24, 2.45) is 5.92 Å². The van der Waals surface area contributed by atoms with Gasteiger partial charge in [-0.25, -0.2) is 15.0 Å². The summed E-state index contributed by atoms with van der Waals surface area (Å²) in [5.74, 6) is 0.164. The highest BCUT2D eigenvalue weighted by atomic mass is 19.4. The number of rotatable bonds is 5. The largest absolute Gasteiger partial charge is 0.417 e. The van der Waals surface area contributed by atoms with Gasteiger partial charge in [0.05, 0.1) is 23.0 Å². The molecule has 9 nitrogen and oxygen atoms in total. The number of aromatic amines is 1. The Balaban J connectivity index is 1.57. The second-order valence-corrected chi connectivity index (χ2v) is 8.66. The van der Waals surface area contributed by atoms with Gasteiger partial charge in [0.15, 0.2) is 0 Å². The van der Waals surface area contributed by atoms with Crippen molar-refractivity contribution in [3.63, 3.8) is 0 Å². The number of halogens is 3. The second-order valence-electron chi connectivity index (χ2n) is 8.66. The highest BCUT2D eigenvalue weighted by molar-refractivity contribution is 5.94. The maximum absolute atomic E-state index is 13.2. The highest BCUT2D eigenvalue weighted by Gasteiger charge is 2.32. The van der Waals surface area contributed by atoms with Gasteiger partial charge in [-0.05, 0) is 38.7 Å². The quantitative estimate of drug-likeness (QED) is 0.503. The second kappa shape index (κ2) is 9.50. The van der Waals surface area contributed by atoms with E-state index in [0.717, 1.165) is 25.1 Å². The number of hydrogen-bond acceptors (Lipinski definition) is 7. The van der Waals surface area contributed by atoms with E-state index in [1.54, 1.807) is 4.90 Å². The summed E-state index contributed by atoms with van der Waals surface area (Å²) >= 11 is 0. The van der Waals surface area contributed by atoms with Crippen LogP contribution in [0.2, 0.25) is 0 Å². The highest BCUT2D eigenvalue weighted by Crippen LogP contribution is 2.35. The van der Waals surface area contributed by atoms with Gasteiger partial charge in [-0.15, -0.1) is 0 Å². The van der Waals surface area contributed by atoms with Crippen LogP contribution in [0.1, 0.15) is 37.8 Å². The number of amides is 1. The number of aromatic nitrogens is 4. The molecule has 0 saturated carbocycles. The minimum atomic E-state index is -4.56. The first-order valence-corrected chi connectivity index (χ1v) is 11.1. The van der Waals surface area contributed by atoms with E-state index in [0.29, 0.717) is 18.7 Å². The number of nitrogens with zero attached hydrogens (tertiary/aromatic N) is 5. The fourth-order valence-corrected chi connectivity index (χ4v) is 4.30. The van der Waals surface area contributed by atoms with Gasteiger partial charge in [-0.3, -0.25) is 4.79 Å². The molecule has 184 valence electrons. The lowest BCUT2D eigenvalue weighted by molar-refractivity contribution is -0.140. The summed E-state index contributed by atoms with van der Waals surface area (Å²) in [5, 5.41) is 22.5. The number of H-pyrrole nitrogens is 1. The van der Waals surface area contributed by atoms with E-state index in [1.807, 2.05) is 13.0 Å². The van der Waals surface area contributed by atoms with Crippen LogP contribution in [0.15, 0.2) is 24.7 Å². The number of alkyl halides is 3. The van der Waals surface area contributed by atoms with Crippen molar-refractivity contribution in [2.45, 2.75) is 45.0 Å². The molecule has 1 amide bonds. The zero-order valence-electron chi connectivity index (χ0n) is 19.1. The number of likely N-dealkylation sites (tertiary alicyclic amines) is 1. The lowest BCUT2D eigenvalue weighted by Crippen LogP contribution is -2.45. The molecule has 3 aromatic heterocycles. The van der Waals surface area contributed by atoms with E-state index in [2.05, 4.69) is 25.3 Å². The first-order chi connectivity index (χ1) is 16.6. The number of fused-ring (bicyclic) bond motifs is 1. The lowest BCUT2D eigenvalue weighted by atomic mass is 9.90. The standard InChI is InChI=1S/C23H24F3N7O2/c1-12(14-3-5-33(6-4-14)21(35)13(2)34)31-22-30-9-15(8-27)19(32-22)18-11-29-20-17(18)7-16(10-28-20)23(24,25)26/h7,9-14,34H,3-6H2,1-2H3,(H,28,29)(H,30,31,32)/t12-,13+/m1/s1. The molecule has 4 rings (SSSR count). The van der Waals surface area contributed by atoms with E-state index in [4.69, 9.17) is 0 Å². The van der Waals surface area contributed by atoms with Crippen LogP contribution in [0.5, 0.6) is 0 Å². The molecule has 4 heterocycles. The van der Waals surface area contributed by atoms with Crippen LogP contribution in [0.3, 0.4) is 0 Å². The van der Waals surface area contributed by atoms with E-state index in [1.165, 1.54) is 19.3 Å². The molecule has 3 N–H and O–H groups in total.